The second-order valence-electron chi connectivity index (χ2n) is 4.09. The molecule has 0 fully saturated rings. The third kappa shape index (κ3) is 4.13. The molecule has 0 unspecified atom stereocenters. The molecule has 20 heavy (non-hydrogen) atoms. The largest absolute Gasteiger partial charge is 0.490 e. The number of hydrogen-bond acceptors (Lipinski definition) is 3. The molecule has 2 aromatic rings. The quantitative estimate of drug-likeness (QED) is 0.795. The molecule has 3 nitrogen and oxygen atoms in total. The standard InChI is InChI=1S/C15H15BrClNO2/c16-12-4-2-5-13(9-12)19-7-8-20-15-11(10-18)3-1-6-14(15)17/h1-6,9H,7-8,10,18H2. The fraction of sp³-hybridized carbons (Fsp3) is 0.200. The smallest absolute Gasteiger partial charge is 0.142 e. The molecule has 0 aliphatic heterocycles. The first kappa shape index (κ1) is 15.2. The highest BCUT2D eigenvalue weighted by Crippen LogP contribution is 2.28. The molecular weight excluding hydrogens is 342 g/mol. The molecule has 5 heteroatoms. The van der Waals surface area contributed by atoms with Gasteiger partial charge in [-0.1, -0.05) is 45.7 Å². The number of benzene rings is 2. The van der Waals surface area contributed by atoms with Gasteiger partial charge in [0.25, 0.3) is 0 Å². The molecule has 0 aliphatic rings. The van der Waals surface area contributed by atoms with E-state index in [2.05, 4.69) is 15.9 Å². The SMILES string of the molecule is NCc1cccc(Cl)c1OCCOc1cccc(Br)c1. The van der Waals surface area contributed by atoms with Gasteiger partial charge in [0.05, 0.1) is 5.02 Å². The van der Waals surface area contributed by atoms with Crippen molar-refractivity contribution in [3.63, 3.8) is 0 Å². The van der Waals surface area contributed by atoms with Crippen LogP contribution in [0.25, 0.3) is 0 Å². The molecular formula is C15H15BrClNO2. The Hall–Kier alpha value is -1.23. The van der Waals surface area contributed by atoms with Crippen LogP contribution in [-0.2, 0) is 6.54 Å². The summed E-state index contributed by atoms with van der Waals surface area (Å²) in [4.78, 5) is 0. The van der Waals surface area contributed by atoms with Gasteiger partial charge in [0.15, 0.2) is 0 Å². The Morgan fingerprint density at radius 2 is 1.80 bits per heavy atom. The van der Waals surface area contributed by atoms with E-state index in [1.807, 2.05) is 36.4 Å². The highest BCUT2D eigenvalue weighted by Gasteiger charge is 2.07. The lowest BCUT2D eigenvalue weighted by Gasteiger charge is -2.12. The predicted octanol–water partition coefficient (Wildman–Crippen LogP) is 4.02. The number of rotatable bonds is 6. The molecule has 106 valence electrons. The zero-order valence-corrected chi connectivity index (χ0v) is 13.2. The number of ether oxygens (including phenoxy) is 2. The van der Waals surface area contributed by atoms with Crippen molar-refractivity contribution in [3.05, 3.63) is 57.5 Å². The lowest BCUT2D eigenvalue weighted by molar-refractivity contribution is 0.216. The Balaban J connectivity index is 1.87. The van der Waals surface area contributed by atoms with Gasteiger partial charge in [-0.25, -0.2) is 0 Å². The zero-order valence-electron chi connectivity index (χ0n) is 10.8. The van der Waals surface area contributed by atoms with Crippen molar-refractivity contribution in [3.8, 4) is 11.5 Å². The van der Waals surface area contributed by atoms with Crippen LogP contribution >= 0.6 is 27.5 Å². The van der Waals surface area contributed by atoms with E-state index < -0.39 is 0 Å². The van der Waals surface area contributed by atoms with Crippen molar-refractivity contribution in [2.75, 3.05) is 13.2 Å². The second kappa shape index (κ2) is 7.53. The normalized spacial score (nSPS) is 10.3. The van der Waals surface area contributed by atoms with Gasteiger partial charge < -0.3 is 15.2 Å². The van der Waals surface area contributed by atoms with Gasteiger partial charge in [-0.05, 0) is 24.3 Å². The molecule has 0 amide bonds. The van der Waals surface area contributed by atoms with E-state index in [4.69, 9.17) is 26.8 Å². The van der Waals surface area contributed by atoms with Crippen LogP contribution in [-0.4, -0.2) is 13.2 Å². The monoisotopic (exact) mass is 355 g/mol. The summed E-state index contributed by atoms with van der Waals surface area (Å²) in [5.74, 6) is 1.43. The maximum absolute atomic E-state index is 6.10. The van der Waals surface area contributed by atoms with Gasteiger partial charge in [-0.15, -0.1) is 0 Å². The third-order valence-electron chi connectivity index (χ3n) is 2.66. The summed E-state index contributed by atoms with van der Waals surface area (Å²) in [6.45, 7) is 1.23. The van der Waals surface area contributed by atoms with Crippen LogP contribution in [0.4, 0.5) is 0 Å². The average Bonchev–Trinajstić information content (AvgIpc) is 2.45. The van der Waals surface area contributed by atoms with Crippen molar-refractivity contribution in [1.82, 2.24) is 0 Å². The maximum Gasteiger partial charge on any atom is 0.142 e. The van der Waals surface area contributed by atoms with Crippen LogP contribution in [0.3, 0.4) is 0 Å². The van der Waals surface area contributed by atoms with E-state index in [-0.39, 0.29) is 0 Å². The topological polar surface area (TPSA) is 44.5 Å². The van der Waals surface area contributed by atoms with E-state index >= 15 is 0 Å². The summed E-state index contributed by atoms with van der Waals surface area (Å²) in [6, 6.07) is 13.2. The summed E-state index contributed by atoms with van der Waals surface area (Å²) in [7, 11) is 0. The van der Waals surface area contributed by atoms with Crippen molar-refractivity contribution in [2.24, 2.45) is 5.73 Å². The van der Waals surface area contributed by atoms with Crippen molar-refractivity contribution >= 4 is 27.5 Å². The molecule has 0 aromatic heterocycles. The highest BCUT2D eigenvalue weighted by atomic mass is 79.9. The van der Waals surface area contributed by atoms with Gasteiger partial charge in [0.2, 0.25) is 0 Å². The molecule has 2 rings (SSSR count). The Labute approximate surface area is 131 Å². The van der Waals surface area contributed by atoms with Crippen molar-refractivity contribution in [2.45, 2.75) is 6.54 Å². The van der Waals surface area contributed by atoms with E-state index in [0.717, 1.165) is 15.8 Å². The first-order valence-electron chi connectivity index (χ1n) is 6.19. The van der Waals surface area contributed by atoms with Crippen molar-refractivity contribution in [1.29, 1.82) is 0 Å². The van der Waals surface area contributed by atoms with Crippen LogP contribution in [0.15, 0.2) is 46.9 Å². The van der Waals surface area contributed by atoms with Crippen LogP contribution in [0.5, 0.6) is 11.5 Å². The molecule has 2 aromatic carbocycles. The summed E-state index contributed by atoms with van der Waals surface area (Å²) in [5, 5.41) is 0.565. The van der Waals surface area contributed by atoms with Gasteiger partial charge in [-0.3, -0.25) is 0 Å². The van der Waals surface area contributed by atoms with Crippen LogP contribution in [0, 0.1) is 0 Å². The number of halogens is 2. The summed E-state index contributed by atoms with van der Waals surface area (Å²) in [6.07, 6.45) is 0. The summed E-state index contributed by atoms with van der Waals surface area (Å²) >= 11 is 9.49. The van der Waals surface area contributed by atoms with Crippen molar-refractivity contribution < 1.29 is 9.47 Å². The van der Waals surface area contributed by atoms with E-state index in [9.17, 15) is 0 Å². The fourth-order valence-corrected chi connectivity index (χ4v) is 2.36. The van der Waals surface area contributed by atoms with Gasteiger partial charge in [-0.2, -0.15) is 0 Å². The minimum atomic E-state index is 0.391. The predicted molar refractivity (Wildman–Crippen MR) is 84.5 cm³/mol. The zero-order chi connectivity index (χ0) is 14.4. The Bertz CT molecular complexity index is 578. The lowest BCUT2D eigenvalue weighted by atomic mass is 10.2. The molecule has 0 heterocycles. The van der Waals surface area contributed by atoms with Gasteiger partial charge in [0.1, 0.15) is 24.7 Å². The van der Waals surface area contributed by atoms with Crippen LogP contribution < -0.4 is 15.2 Å². The Morgan fingerprint density at radius 1 is 1.05 bits per heavy atom. The molecule has 0 aliphatic carbocycles. The molecule has 0 saturated heterocycles. The molecule has 2 N–H and O–H groups in total. The average molecular weight is 357 g/mol. The van der Waals surface area contributed by atoms with E-state index in [1.54, 1.807) is 6.07 Å². The third-order valence-corrected chi connectivity index (χ3v) is 3.45. The fourth-order valence-electron chi connectivity index (χ4n) is 1.74. The summed E-state index contributed by atoms with van der Waals surface area (Å²) < 4.78 is 12.2. The molecule has 0 saturated carbocycles. The second-order valence-corrected chi connectivity index (χ2v) is 5.41. The first-order valence-corrected chi connectivity index (χ1v) is 7.36. The van der Waals surface area contributed by atoms with Crippen LogP contribution in [0.2, 0.25) is 5.02 Å². The molecule has 0 bridgehead atoms. The number of nitrogens with two attached hydrogens (primary N) is 1. The van der Waals surface area contributed by atoms with E-state index in [1.165, 1.54) is 0 Å². The first-order chi connectivity index (χ1) is 9.70. The molecule has 0 spiro atoms. The summed E-state index contributed by atoms with van der Waals surface area (Å²) in [5.41, 5.74) is 6.55. The maximum atomic E-state index is 6.10. The molecule has 0 radical (unpaired) electrons. The highest BCUT2D eigenvalue weighted by molar-refractivity contribution is 9.10. The molecule has 0 atom stereocenters. The lowest BCUT2D eigenvalue weighted by Crippen LogP contribution is -2.11. The van der Waals surface area contributed by atoms with Crippen LogP contribution in [0.1, 0.15) is 5.56 Å². The van der Waals surface area contributed by atoms with E-state index in [0.29, 0.717) is 30.5 Å². The number of para-hydroxylation sites is 1. The Kier molecular flexibility index (Phi) is 5.71. The Morgan fingerprint density at radius 3 is 2.55 bits per heavy atom. The minimum absolute atomic E-state index is 0.391. The van der Waals surface area contributed by atoms with Gasteiger partial charge in [0, 0.05) is 16.6 Å². The van der Waals surface area contributed by atoms with Gasteiger partial charge >= 0.3 is 0 Å². The minimum Gasteiger partial charge on any atom is -0.490 e. The number of hydrogen-bond donors (Lipinski definition) is 1.